The van der Waals surface area contributed by atoms with Gasteiger partial charge < -0.3 is 14.1 Å². The Hall–Kier alpha value is 0.154. The Morgan fingerprint density at radius 2 is 1.83 bits per heavy atom. The first-order chi connectivity index (χ1) is 2.56. The van der Waals surface area contributed by atoms with Crippen molar-refractivity contribution in [3.05, 3.63) is 0 Å². The first kappa shape index (κ1) is 6.15. The van der Waals surface area contributed by atoms with Gasteiger partial charge in [-0.05, 0) is 6.55 Å². The molecule has 0 radical (unpaired) electrons. The minimum absolute atomic E-state index is 1.22. The van der Waals surface area contributed by atoms with Gasteiger partial charge in [-0.1, -0.05) is 0 Å². The lowest BCUT2D eigenvalue weighted by Crippen LogP contribution is -2.33. The van der Waals surface area contributed by atoms with Gasteiger partial charge in [0.25, 0.3) is 0 Å². The molecule has 0 rings (SSSR count). The summed E-state index contributed by atoms with van der Waals surface area (Å²) in [6, 6.07) is 0. The van der Waals surface area contributed by atoms with Crippen LogP contribution in [0.5, 0.6) is 0 Å². The Morgan fingerprint density at radius 1 is 1.67 bits per heavy atom. The molecule has 0 aromatic rings. The van der Waals surface area contributed by atoms with Gasteiger partial charge >= 0.3 is 17.0 Å². The van der Waals surface area contributed by atoms with Crippen molar-refractivity contribution in [2.75, 3.05) is 0 Å². The minimum Gasteiger partial charge on any atom is -0.409 e. The lowest BCUT2D eigenvalue weighted by Gasteiger charge is -1.95. The fourth-order valence-electron chi connectivity index (χ4n) is 0. The maximum atomic E-state index is 9.60. The van der Waals surface area contributed by atoms with Gasteiger partial charge in [0.1, 0.15) is 0 Å². The van der Waals surface area contributed by atoms with Crippen LogP contribution in [0, 0.1) is 0 Å². The van der Waals surface area contributed by atoms with Crippen molar-refractivity contribution in [2.24, 2.45) is 0 Å². The fraction of sp³-hybridized carbons (Fsp3) is 1.00. The van der Waals surface area contributed by atoms with Crippen molar-refractivity contribution in [1.29, 1.82) is 0 Å². The van der Waals surface area contributed by atoms with Gasteiger partial charge in [0, 0.05) is 0 Å². The smallest absolute Gasteiger partial charge is 0.373 e. The SMILES string of the molecule is C[Si](O)(O)[SiH]=O. The zero-order chi connectivity index (χ0) is 5.21. The van der Waals surface area contributed by atoms with Crippen molar-refractivity contribution in [3.8, 4) is 0 Å². The highest BCUT2D eigenvalue weighted by atomic mass is 29.2. The van der Waals surface area contributed by atoms with E-state index in [0.29, 0.717) is 0 Å². The van der Waals surface area contributed by atoms with Gasteiger partial charge in [-0.2, -0.15) is 0 Å². The van der Waals surface area contributed by atoms with E-state index in [1.165, 1.54) is 6.55 Å². The first-order valence-electron chi connectivity index (χ1n) is 1.47. The molecule has 0 aliphatic carbocycles. The molecule has 0 spiro atoms. The quantitative estimate of drug-likeness (QED) is 0.408. The molecule has 0 aromatic carbocycles. The van der Waals surface area contributed by atoms with E-state index in [0.717, 1.165) is 0 Å². The van der Waals surface area contributed by atoms with E-state index in [9.17, 15) is 4.46 Å². The molecule has 0 fully saturated rings. The molecule has 0 saturated carbocycles. The summed E-state index contributed by atoms with van der Waals surface area (Å²) in [4.78, 5) is 16.5. The second-order valence-corrected chi connectivity index (χ2v) is 7.62. The molecular formula is CH6O3Si2. The van der Waals surface area contributed by atoms with Crippen LogP contribution in [0.1, 0.15) is 0 Å². The summed E-state index contributed by atoms with van der Waals surface area (Å²) in [5.74, 6) is 0. The summed E-state index contributed by atoms with van der Waals surface area (Å²) in [6.07, 6.45) is 0. The zero-order valence-corrected chi connectivity index (χ0v) is 5.53. The predicted molar refractivity (Wildman–Crippen MR) is 23.9 cm³/mol. The van der Waals surface area contributed by atoms with E-state index in [1.807, 2.05) is 0 Å². The van der Waals surface area contributed by atoms with Gasteiger partial charge in [0.15, 0.2) is 0 Å². The number of rotatable bonds is 1. The van der Waals surface area contributed by atoms with Crippen LogP contribution < -0.4 is 0 Å². The van der Waals surface area contributed by atoms with Crippen LogP contribution in [0.15, 0.2) is 0 Å². The molecule has 6 heavy (non-hydrogen) atoms. The lowest BCUT2D eigenvalue weighted by molar-refractivity contribution is 0.395. The molecule has 0 bridgehead atoms. The molecule has 0 amide bonds. The van der Waals surface area contributed by atoms with Crippen LogP contribution in [0.2, 0.25) is 6.55 Å². The Balaban J connectivity index is 3.45. The van der Waals surface area contributed by atoms with Crippen LogP contribution in [-0.2, 0) is 4.46 Å². The standard InChI is InChI=1S/CH6O3Si2/c1-6(3,4)5-2/h3-5H,1H3. The summed E-state index contributed by atoms with van der Waals surface area (Å²) < 4.78 is 9.60. The van der Waals surface area contributed by atoms with Gasteiger partial charge in [-0.3, -0.25) is 0 Å². The van der Waals surface area contributed by atoms with Crippen molar-refractivity contribution >= 4 is 17.0 Å². The molecule has 36 valence electrons. The van der Waals surface area contributed by atoms with Crippen molar-refractivity contribution in [2.45, 2.75) is 6.55 Å². The fourth-order valence-corrected chi connectivity index (χ4v) is 0. The van der Waals surface area contributed by atoms with E-state index in [1.54, 1.807) is 0 Å². The van der Waals surface area contributed by atoms with E-state index < -0.39 is 17.0 Å². The topological polar surface area (TPSA) is 57.5 Å². The molecule has 0 atom stereocenters. The summed E-state index contributed by atoms with van der Waals surface area (Å²) in [6.45, 7) is 1.22. The van der Waals surface area contributed by atoms with E-state index in [-0.39, 0.29) is 0 Å². The Kier molecular flexibility index (Phi) is 1.78. The summed E-state index contributed by atoms with van der Waals surface area (Å²) in [7, 11) is -4.44. The third kappa shape index (κ3) is 4.15. The Bertz CT molecular complexity index is 54.3. The number of hydrogen-bond donors (Lipinski definition) is 2. The van der Waals surface area contributed by atoms with E-state index in [4.69, 9.17) is 9.59 Å². The predicted octanol–water partition coefficient (Wildman–Crippen LogP) is -1.68. The van der Waals surface area contributed by atoms with E-state index in [2.05, 4.69) is 0 Å². The van der Waals surface area contributed by atoms with Crippen LogP contribution >= 0.6 is 0 Å². The lowest BCUT2D eigenvalue weighted by atomic mass is 11.9. The highest BCUT2D eigenvalue weighted by Gasteiger charge is 2.19. The maximum Gasteiger partial charge on any atom is 0.373 e. The second-order valence-electron chi connectivity index (χ2n) is 1.21. The molecule has 0 aliphatic heterocycles. The van der Waals surface area contributed by atoms with Crippen molar-refractivity contribution in [3.63, 3.8) is 0 Å². The van der Waals surface area contributed by atoms with Gasteiger partial charge in [0.2, 0.25) is 0 Å². The summed E-state index contributed by atoms with van der Waals surface area (Å²) >= 11 is 0. The van der Waals surface area contributed by atoms with Crippen LogP contribution in [0.25, 0.3) is 0 Å². The molecule has 2 N–H and O–H groups in total. The Morgan fingerprint density at radius 3 is 1.83 bits per heavy atom. The van der Waals surface area contributed by atoms with Gasteiger partial charge in [-0.25, -0.2) is 0 Å². The van der Waals surface area contributed by atoms with E-state index >= 15 is 0 Å². The van der Waals surface area contributed by atoms with Crippen molar-refractivity contribution in [1.82, 2.24) is 0 Å². The van der Waals surface area contributed by atoms with Crippen molar-refractivity contribution < 1.29 is 14.1 Å². The molecule has 0 heterocycles. The maximum absolute atomic E-state index is 9.60. The summed E-state index contributed by atoms with van der Waals surface area (Å²) in [5.41, 5.74) is 0. The largest absolute Gasteiger partial charge is 0.409 e. The average Bonchev–Trinajstić information content (AvgIpc) is 1.35. The second kappa shape index (κ2) is 1.74. The van der Waals surface area contributed by atoms with Crippen LogP contribution in [0.3, 0.4) is 0 Å². The Labute approximate surface area is 38.5 Å². The molecule has 5 heteroatoms. The zero-order valence-electron chi connectivity index (χ0n) is 3.38. The van der Waals surface area contributed by atoms with Crippen LogP contribution in [0.4, 0.5) is 0 Å². The average molecular weight is 122 g/mol. The van der Waals surface area contributed by atoms with Gasteiger partial charge in [-0.15, -0.1) is 0 Å². The number of hydrogen-bond acceptors (Lipinski definition) is 3. The van der Waals surface area contributed by atoms with Gasteiger partial charge in [0.05, 0.1) is 0 Å². The molecule has 0 aliphatic rings. The monoisotopic (exact) mass is 122 g/mol. The normalized spacial score (nSPS) is 11.2. The molecule has 0 aromatic heterocycles. The minimum atomic E-state index is -3.10. The molecule has 0 saturated heterocycles. The molecule has 0 unspecified atom stereocenters. The highest BCUT2D eigenvalue weighted by molar-refractivity contribution is 7.09. The van der Waals surface area contributed by atoms with Crippen LogP contribution in [-0.4, -0.2) is 26.6 Å². The molecular weight excluding hydrogens is 116 g/mol. The third-order valence-electron chi connectivity index (χ3n) is 0.223. The third-order valence-corrected chi connectivity index (χ3v) is 2.01. The summed E-state index contributed by atoms with van der Waals surface area (Å²) in [5, 5.41) is 0. The molecule has 3 nitrogen and oxygen atoms in total. The highest BCUT2D eigenvalue weighted by Crippen LogP contribution is 1.77. The first-order valence-corrected chi connectivity index (χ1v) is 6.15.